The summed E-state index contributed by atoms with van der Waals surface area (Å²) in [7, 11) is 2.21. The molecule has 2 heteroatoms. The van der Waals surface area contributed by atoms with E-state index >= 15 is 0 Å². The van der Waals surface area contributed by atoms with Crippen LogP contribution in [-0.4, -0.2) is 49.6 Å². The molecule has 0 spiro atoms. The first-order valence-electron chi connectivity index (χ1n) is 7.04. The van der Waals surface area contributed by atoms with Crippen molar-refractivity contribution in [3.63, 3.8) is 0 Å². The van der Waals surface area contributed by atoms with Crippen LogP contribution in [0.25, 0.3) is 0 Å². The minimum atomic E-state index is 0.282. The fourth-order valence-corrected chi connectivity index (χ4v) is 2.54. The SMILES string of the molecule is CN1CCN(CCC(C)(C)c2ccccc2)CC1. The van der Waals surface area contributed by atoms with E-state index in [1.807, 2.05) is 0 Å². The van der Waals surface area contributed by atoms with E-state index < -0.39 is 0 Å². The molecule has 0 amide bonds. The Kier molecular flexibility index (Phi) is 4.41. The van der Waals surface area contributed by atoms with Gasteiger partial charge in [0.05, 0.1) is 0 Å². The van der Waals surface area contributed by atoms with E-state index in [2.05, 4.69) is 61.0 Å². The number of hydrogen-bond donors (Lipinski definition) is 0. The van der Waals surface area contributed by atoms with Crippen LogP contribution in [0.5, 0.6) is 0 Å². The molecule has 0 aromatic heterocycles. The maximum Gasteiger partial charge on any atom is 0.0110 e. The van der Waals surface area contributed by atoms with E-state index in [1.165, 1.54) is 44.7 Å². The minimum absolute atomic E-state index is 0.282. The molecule has 1 fully saturated rings. The van der Waals surface area contributed by atoms with Crippen LogP contribution in [0.3, 0.4) is 0 Å². The standard InChI is InChI=1S/C16H26N2/c1-16(2,15-7-5-4-6-8-15)9-10-18-13-11-17(3)12-14-18/h4-8H,9-14H2,1-3H3. The third-order valence-electron chi connectivity index (χ3n) is 4.20. The first-order chi connectivity index (χ1) is 8.58. The van der Waals surface area contributed by atoms with Crippen molar-refractivity contribution in [3.05, 3.63) is 35.9 Å². The fraction of sp³-hybridized carbons (Fsp3) is 0.625. The highest BCUT2D eigenvalue weighted by Gasteiger charge is 2.22. The molecule has 100 valence electrons. The lowest BCUT2D eigenvalue weighted by atomic mass is 9.81. The molecule has 2 nitrogen and oxygen atoms in total. The predicted octanol–water partition coefficient (Wildman–Crippen LogP) is 2.60. The monoisotopic (exact) mass is 246 g/mol. The molecule has 0 saturated carbocycles. The van der Waals surface area contributed by atoms with Gasteiger partial charge < -0.3 is 9.80 Å². The molecule has 18 heavy (non-hydrogen) atoms. The van der Waals surface area contributed by atoms with E-state index in [9.17, 15) is 0 Å². The van der Waals surface area contributed by atoms with Gasteiger partial charge in [-0.25, -0.2) is 0 Å². The Hall–Kier alpha value is -0.860. The van der Waals surface area contributed by atoms with Crippen LogP contribution < -0.4 is 0 Å². The first-order valence-corrected chi connectivity index (χ1v) is 7.04. The zero-order chi connectivity index (χ0) is 13.0. The normalized spacial score (nSPS) is 19.1. The van der Waals surface area contributed by atoms with Crippen molar-refractivity contribution in [2.75, 3.05) is 39.8 Å². The van der Waals surface area contributed by atoms with Gasteiger partial charge in [0.2, 0.25) is 0 Å². The molecule has 0 bridgehead atoms. The van der Waals surface area contributed by atoms with Gasteiger partial charge in [0, 0.05) is 26.2 Å². The molecule has 0 radical (unpaired) electrons. The van der Waals surface area contributed by atoms with Crippen LogP contribution in [0, 0.1) is 0 Å². The van der Waals surface area contributed by atoms with Crippen molar-refractivity contribution in [3.8, 4) is 0 Å². The number of likely N-dealkylation sites (N-methyl/N-ethyl adjacent to an activating group) is 1. The van der Waals surface area contributed by atoms with Crippen LogP contribution in [0.1, 0.15) is 25.8 Å². The largest absolute Gasteiger partial charge is 0.304 e. The molecule has 1 aromatic carbocycles. The third-order valence-corrected chi connectivity index (χ3v) is 4.20. The second-order valence-electron chi connectivity index (χ2n) is 6.14. The van der Waals surface area contributed by atoms with E-state index in [4.69, 9.17) is 0 Å². The Labute approximate surface area is 112 Å². The minimum Gasteiger partial charge on any atom is -0.304 e. The lowest BCUT2D eigenvalue weighted by molar-refractivity contribution is 0.145. The molecule has 0 unspecified atom stereocenters. The highest BCUT2D eigenvalue weighted by Crippen LogP contribution is 2.27. The third kappa shape index (κ3) is 3.56. The van der Waals surface area contributed by atoms with Crippen molar-refractivity contribution < 1.29 is 0 Å². The fourth-order valence-electron chi connectivity index (χ4n) is 2.54. The number of hydrogen-bond acceptors (Lipinski definition) is 2. The molecular weight excluding hydrogens is 220 g/mol. The molecule has 0 N–H and O–H groups in total. The predicted molar refractivity (Wildman–Crippen MR) is 78.0 cm³/mol. The number of rotatable bonds is 4. The molecule has 1 aromatic rings. The van der Waals surface area contributed by atoms with E-state index in [1.54, 1.807) is 0 Å². The summed E-state index contributed by atoms with van der Waals surface area (Å²) in [6.07, 6.45) is 1.24. The van der Waals surface area contributed by atoms with Crippen LogP contribution >= 0.6 is 0 Å². The summed E-state index contributed by atoms with van der Waals surface area (Å²) in [4.78, 5) is 5.02. The van der Waals surface area contributed by atoms with E-state index in [0.717, 1.165) is 0 Å². The molecule has 0 atom stereocenters. The van der Waals surface area contributed by atoms with Crippen LogP contribution in [-0.2, 0) is 5.41 Å². The molecule has 0 aliphatic carbocycles. The smallest absolute Gasteiger partial charge is 0.0110 e. The molecule has 1 aliphatic rings. The quantitative estimate of drug-likeness (QED) is 0.806. The lowest BCUT2D eigenvalue weighted by Gasteiger charge is -2.35. The van der Waals surface area contributed by atoms with E-state index in [-0.39, 0.29) is 5.41 Å². The first kappa shape index (κ1) is 13.6. The summed E-state index contributed by atoms with van der Waals surface area (Å²) in [6.45, 7) is 10.8. The maximum atomic E-state index is 2.60. The topological polar surface area (TPSA) is 6.48 Å². The lowest BCUT2D eigenvalue weighted by Crippen LogP contribution is -2.45. The van der Waals surface area contributed by atoms with Gasteiger partial charge in [0.1, 0.15) is 0 Å². The molecule has 1 aliphatic heterocycles. The average Bonchev–Trinajstić information content (AvgIpc) is 2.39. The second-order valence-corrected chi connectivity index (χ2v) is 6.14. The van der Waals surface area contributed by atoms with Crippen LogP contribution in [0.2, 0.25) is 0 Å². The molecular formula is C16H26N2. The van der Waals surface area contributed by atoms with Gasteiger partial charge in [-0.1, -0.05) is 44.2 Å². The van der Waals surface area contributed by atoms with E-state index in [0.29, 0.717) is 0 Å². The van der Waals surface area contributed by atoms with Crippen LogP contribution in [0.15, 0.2) is 30.3 Å². The van der Waals surface area contributed by atoms with Gasteiger partial charge in [-0.15, -0.1) is 0 Å². The molecule has 1 saturated heterocycles. The number of piperazine rings is 1. The zero-order valence-electron chi connectivity index (χ0n) is 12.0. The van der Waals surface area contributed by atoms with Gasteiger partial charge in [0.25, 0.3) is 0 Å². The van der Waals surface area contributed by atoms with Gasteiger partial charge >= 0.3 is 0 Å². The van der Waals surface area contributed by atoms with Gasteiger partial charge in [-0.05, 0) is 31.0 Å². The number of nitrogens with zero attached hydrogens (tertiary/aromatic N) is 2. The zero-order valence-corrected chi connectivity index (χ0v) is 12.0. The van der Waals surface area contributed by atoms with Gasteiger partial charge in [0.15, 0.2) is 0 Å². The highest BCUT2D eigenvalue weighted by molar-refractivity contribution is 5.23. The van der Waals surface area contributed by atoms with Gasteiger partial charge in [-0.2, -0.15) is 0 Å². The Morgan fingerprint density at radius 1 is 1.00 bits per heavy atom. The van der Waals surface area contributed by atoms with Crippen LogP contribution in [0.4, 0.5) is 0 Å². The van der Waals surface area contributed by atoms with Gasteiger partial charge in [-0.3, -0.25) is 0 Å². The summed E-state index contributed by atoms with van der Waals surface area (Å²) in [5.74, 6) is 0. The summed E-state index contributed by atoms with van der Waals surface area (Å²) >= 11 is 0. The highest BCUT2D eigenvalue weighted by atomic mass is 15.2. The Morgan fingerprint density at radius 2 is 1.61 bits per heavy atom. The van der Waals surface area contributed by atoms with Crippen molar-refractivity contribution in [2.45, 2.75) is 25.7 Å². The van der Waals surface area contributed by atoms with Crippen molar-refractivity contribution in [1.82, 2.24) is 9.80 Å². The molecule has 1 heterocycles. The summed E-state index contributed by atoms with van der Waals surface area (Å²) in [5.41, 5.74) is 1.74. The number of benzene rings is 1. The molecule has 2 rings (SSSR count). The van der Waals surface area contributed by atoms with Crippen molar-refractivity contribution in [1.29, 1.82) is 0 Å². The maximum absolute atomic E-state index is 2.60. The summed E-state index contributed by atoms with van der Waals surface area (Å²) < 4.78 is 0. The second kappa shape index (κ2) is 5.85. The summed E-state index contributed by atoms with van der Waals surface area (Å²) in [5, 5.41) is 0. The Bertz CT molecular complexity index is 351. The Morgan fingerprint density at radius 3 is 2.22 bits per heavy atom. The average molecular weight is 246 g/mol. The van der Waals surface area contributed by atoms with Crippen molar-refractivity contribution in [2.24, 2.45) is 0 Å². The van der Waals surface area contributed by atoms with Crippen molar-refractivity contribution >= 4 is 0 Å². The summed E-state index contributed by atoms with van der Waals surface area (Å²) in [6, 6.07) is 10.9. The Balaban J connectivity index is 1.86.